The zero-order chi connectivity index (χ0) is 18.7. The van der Waals surface area contributed by atoms with Crippen LogP contribution in [0, 0.1) is 5.92 Å². The molecule has 0 atom stereocenters. The van der Waals surface area contributed by atoms with Gasteiger partial charge < -0.3 is 14.7 Å². The summed E-state index contributed by atoms with van der Waals surface area (Å²) < 4.78 is 24.2. The third kappa shape index (κ3) is 4.53. The first-order chi connectivity index (χ1) is 12.3. The molecule has 2 saturated heterocycles. The average Bonchev–Trinajstić information content (AvgIpc) is 2.59. The summed E-state index contributed by atoms with van der Waals surface area (Å²) in [7, 11) is -3.39. The van der Waals surface area contributed by atoms with Crippen molar-refractivity contribution in [2.75, 3.05) is 57.0 Å². The van der Waals surface area contributed by atoms with Crippen LogP contribution in [0.1, 0.15) is 0 Å². The molecule has 0 aromatic heterocycles. The van der Waals surface area contributed by atoms with Crippen molar-refractivity contribution in [3.05, 3.63) is 30.3 Å². The number of anilines is 1. The molecule has 2 heterocycles. The van der Waals surface area contributed by atoms with Crippen molar-refractivity contribution in [1.82, 2.24) is 14.5 Å². The van der Waals surface area contributed by atoms with Crippen LogP contribution in [-0.2, 0) is 19.6 Å². The number of amides is 2. The van der Waals surface area contributed by atoms with Gasteiger partial charge in [-0.1, -0.05) is 18.2 Å². The van der Waals surface area contributed by atoms with E-state index < -0.39 is 10.0 Å². The molecule has 8 nitrogen and oxygen atoms in total. The second kappa shape index (κ2) is 7.63. The average molecular weight is 380 g/mol. The van der Waals surface area contributed by atoms with Crippen LogP contribution in [0.15, 0.2) is 30.3 Å². The van der Waals surface area contributed by atoms with Gasteiger partial charge in [0.2, 0.25) is 21.8 Å². The van der Waals surface area contributed by atoms with Crippen LogP contribution < -0.4 is 9.62 Å². The highest BCUT2D eigenvalue weighted by molar-refractivity contribution is 7.88. The Morgan fingerprint density at radius 1 is 1.04 bits per heavy atom. The second-order valence-electron chi connectivity index (χ2n) is 6.74. The molecule has 2 aliphatic heterocycles. The topological polar surface area (TPSA) is 90.0 Å². The van der Waals surface area contributed by atoms with Crippen molar-refractivity contribution in [3.8, 4) is 0 Å². The van der Waals surface area contributed by atoms with E-state index >= 15 is 0 Å². The summed E-state index contributed by atoms with van der Waals surface area (Å²) in [4.78, 5) is 30.1. The largest absolute Gasteiger partial charge is 0.368 e. The maximum absolute atomic E-state index is 12.6. The van der Waals surface area contributed by atoms with Gasteiger partial charge in [0.1, 0.15) is 0 Å². The van der Waals surface area contributed by atoms with Crippen LogP contribution in [-0.4, -0.2) is 82.1 Å². The number of nitrogens with zero attached hydrogens (tertiary/aromatic N) is 3. The molecular formula is C17H24N4O4S. The number of sulfonamides is 1. The van der Waals surface area contributed by atoms with E-state index in [0.29, 0.717) is 26.2 Å². The van der Waals surface area contributed by atoms with E-state index in [4.69, 9.17) is 0 Å². The van der Waals surface area contributed by atoms with Crippen molar-refractivity contribution in [2.45, 2.75) is 0 Å². The molecule has 0 radical (unpaired) electrons. The Morgan fingerprint density at radius 2 is 1.65 bits per heavy atom. The lowest BCUT2D eigenvalue weighted by molar-refractivity contribution is -0.148. The monoisotopic (exact) mass is 380 g/mol. The van der Waals surface area contributed by atoms with Gasteiger partial charge in [0.15, 0.2) is 0 Å². The van der Waals surface area contributed by atoms with E-state index in [1.54, 1.807) is 0 Å². The fourth-order valence-corrected chi connectivity index (χ4v) is 3.61. The van der Waals surface area contributed by atoms with Gasteiger partial charge in [0.25, 0.3) is 0 Å². The zero-order valence-electron chi connectivity index (χ0n) is 14.8. The van der Waals surface area contributed by atoms with E-state index in [9.17, 15) is 18.0 Å². The zero-order valence-corrected chi connectivity index (χ0v) is 15.6. The molecule has 2 fully saturated rings. The molecule has 0 spiro atoms. The molecule has 0 aliphatic carbocycles. The number of hydrogen-bond acceptors (Lipinski definition) is 5. The fraction of sp³-hybridized carbons (Fsp3) is 0.529. The molecule has 3 rings (SSSR count). The van der Waals surface area contributed by atoms with E-state index in [-0.39, 0.29) is 24.3 Å². The van der Waals surface area contributed by atoms with E-state index in [0.717, 1.165) is 19.3 Å². The van der Waals surface area contributed by atoms with Crippen LogP contribution >= 0.6 is 0 Å². The number of likely N-dealkylation sites (tertiary alicyclic amines) is 1. The minimum absolute atomic E-state index is 0.0813. The Balaban J connectivity index is 1.42. The predicted octanol–water partition coefficient (Wildman–Crippen LogP) is -0.657. The number of rotatable bonds is 5. The number of para-hydroxylation sites is 1. The third-order valence-electron chi connectivity index (χ3n) is 4.78. The fourth-order valence-electron chi connectivity index (χ4n) is 3.23. The van der Waals surface area contributed by atoms with Crippen molar-refractivity contribution in [3.63, 3.8) is 0 Å². The Kier molecular flexibility index (Phi) is 5.47. The molecule has 1 aromatic rings. The highest BCUT2D eigenvalue weighted by Gasteiger charge is 2.38. The first-order valence-corrected chi connectivity index (χ1v) is 10.5. The Labute approximate surface area is 153 Å². The summed E-state index contributed by atoms with van der Waals surface area (Å²) in [5, 5.41) is 0. The molecule has 2 amide bonds. The molecule has 9 heteroatoms. The van der Waals surface area contributed by atoms with Crippen LogP contribution in [0.25, 0.3) is 0 Å². The number of piperazine rings is 1. The van der Waals surface area contributed by atoms with Crippen LogP contribution in [0.2, 0.25) is 0 Å². The van der Waals surface area contributed by atoms with Gasteiger partial charge in [-0.2, -0.15) is 0 Å². The molecule has 0 unspecified atom stereocenters. The van der Waals surface area contributed by atoms with Gasteiger partial charge in [-0.05, 0) is 12.1 Å². The summed E-state index contributed by atoms with van der Waals surface area (Å²) in [6.07, 6.45) is 1.01. The first-order valence-electron chi connectivity index (χ1n) is 8.65. The van der Waals surface area contributed by atoms with Crippen molar-refractivity contribution in [1.29, 1.82) is 0 Å². The lowest BCUT2D eigenvalue weighted by atomic mass is 9.98. The van der Waals surface area contributed by atoms with E-state index in [2.05, 4.69) is 21.8 Å². The van der Waals surface area contributed by atoms with Gasteiger partial charge in [0, 0.05) is 45.0 Å². The van der Waals surface area contributed by atoms with Crippen molar-refractivity contribution >= 4 is 27.5 Å². The molecular weight excluding hydrogens is 356 g/mol. The Hall–Kier alpha value is -2.13. The maximum atomic E-state index is 12.6. The highest BCUT2D eigenvalue weighted by atomic mass is 32.2. The summed E-state index contributed by atoms with van der Waals surface area (Å²) in [6, 6.07) is 10.1. The Morgan fingerprint density at radius 3 is 2.23 bits per heavy atom. The summed E-state index contributed by atoms with van der Waals surface area (Å²) in [5.41, 5.74) is 1.17. The maximum Gasteiger partial charge on any atom is 0.237 e. The minimum Gasteiger partial charge on any atom is -0.368 e. The van der Waals surface area contributed by atoms with Gasteiger partial charge in [-0.3, -0.25) is 9.59 Å². The van der Waals surface area contributed by atoms with Crippen LogP contribution in [0.3, 0.4) is 0 Å². The summed E-state index contributed by atoms with van der Waals surface area (Å²) in [6.45, 7) is 3.41. The number of carbonyl (C=O) groups excluding carboxylic acids is 2. The summed E-state index contributed by atoms with van der Waals surface area (Å²) in [5.74, 6) is -0.397. The lowest BCUT2D eigenvalue weighted by Crippen LogP contribution is -2.60. The van der Waals surface area contributed by atoms with Gasteiger partial charge in [0.05, 0.1) is 18.7 Å². The standard InChI is InChI=1S/C17H24N4O4S/c1-26(24,25)18-11-16(22)21-12-14(13-21)17(23)20-9-7-19(8-10-20)15-5-3-2-4-6-15/h2-6,14,18H,7-13H2,1H3. The van der Waals surface area contributed by atoms with E-state index in [1.807, 2.05) is 23.1 Å². The minimum atomic E-state index is -3.39. The SMILES string of the molecule is CS(=O)(=O)NCC(=O)N1CC(C(=O)N2CCN(c3ccccc3)CC2)C1. The van der Waals surface area contributed by atoms with Crippen LogP contribution in [0.5, 0.6) is 0 Å². The number of carbonyl (C=O) groups is 2. The van der Waals surface area contributed by atoms with Crippen LogP contribution in [0.4, 0.5) is 5.69 Å². The third-order valence-corrected chi connectivity index (χ3v) is 5.45. The molecule has 142 valence electrons. The summed E-state index contributed by atoms with van der Waals surface area (Å²) >= 11 is 0. The molecule has 0 saturated carbocycles. The smallest absolute Gasteiger partial charge is 0.237 e. The molecule has 26 heavy (non-hydrogen) atoms. The first kappa shape index (κ1) is 18.7. The van der Waals surface area contributed by atoms with Crippen molar-refractivity contribution in [2.24, 2.45) is 5.92 Å². The molecule has 1 aromatic carbocycles. The second-order valence-corrected chi connectivity index (χ2v) is 8.57. The highest BCUT2D eigenvalue weighted by Crippen LogP contribution is 2.21. The molecule has 2 aliphatic rings. The number of benzene rings is 1. The van der Waals surface area contributed by atoms with Gasteiger partial charge in [-0.25, -0.2) is 13.1 Å². The molecule has 1 N–H and O–H groups in total. The molecule has 0 bridgehead atoms. The number of hydrogen-bond donors (Lipinski definition) is 1. The number of nitrogens with one attached hydrogen (secondary N) is 1. The Bertz CT molecular complexity index is 754. The quantitative estimate of drug-likeness (QED) is 0.733. The van der Waals surface area contributed by atoms with Crippen molar-refractivity contribution < 1.29 is 18.0 Å². The van der Waals surface area contributed by atoms with Gasteiger partial charge in [-0.15, -0.1) is 0 Å². The van der Waals surface area contributed by atoms with E-state index in [1.165, 1.54) is 10.6 Å². The predicted molar refractivity (Wildman–Crippen MR) is 98.2 cm³/mol. The lowest BCUT2D eigenvalue weighted by Gasteiger charge is -2.43. The normalized spacial score (nSPS) is 18.6. The van der Waals surface area contributed by atoms with Gasteiger partial charge >= 0.3 is 0 Å².